The van der Waals surface area contributed by atoms with Crippen LogP contribution in [0.5, 0.6) is 5.88 Å². The maximum atomic E-state index is 12.6. The molecule has 6 nitrogen and oxygen atoms in total. The van der Waals surface area contributed by atoms with Gasteiger partial charge in [0.25, 0.3) is 5.56 Å². The van der Waals surface area contributed by atoms with Crippen LogP contribution < -0.4 is 10.3 Å². The third-order valence-corrected chi connectivity index (χ3v) is 3.87. The average molecular weight is 326 g/mol. The van der Waals surface area contributed by atoms with Crippen molar-refractivity contribution in [3.05, 3.63) is 69.0 Å². The molecular weight excluding hydrogens is 308 g/mol. The van der Waals surface area contributed by atoms with Gasteiger partial charge < -0.3 is 14.5 Å². The summed E-state index contributed by atoms with van der Waals surface area (Å²) in [4.78, 5) is 32.0. The number of esters is 1. The lowest BCUT2D eigenvalue weighted by Crippen LogP contribution is -2.30. The molecule has 1 aromatic carbocycles. The molecule has 0 saturated carbocycles. The predicted molar refractivity (Wildman–Crippen MR) is 87.8 cm³/mol. The Hall–Kier alpha value is -2.89. The van der Waals surface area contributed by atoms with E-state index >= 15 is 0 Å². The third kappa shape index (κ3) is 2.71. The lowest BCUT2D eigenvalue weighted by atomic mass is 9.83. The topological polar surface area (TPSA) is 81.3 Å². The summed E-state index contributed by atoms with van der Waals surface area (Å²) in [5.74, 6) is 0.0150. The van der Waals surface area contributed by atoms with Gasteiger partial charge in [0.05, 0.1) is 23.7 Å². The van der Waals surface area contributed by atoms with Gasteiger partial charge in [-0.2, -0.15) is 4.98 Å². The number of benzene rings is 1. The second kappa shape index (κ2) is 6.31. The van der Waals surface area contributed by atoms with Gasteiger partial charge in [0.15, 0.2) is 0 Å². The first kappa shape index (κ1) is 16.0. The highest BCUT2D eigenvalue weighted by Gasteiger charge is 2.37. The fourth-order valence-electron chi connectivity index (χ4n) is 2.90. The zero-order chi connectivity index (χ0) is 17.3. The number of fused-ring (bicyclic) bond motifs is 1. The van der Waals surface area contributed by atoms with Crippen LogP contribution >= 0.6 is 0 Å². The van der Waals surface area contributed by atoms with Crippen LogP contribution in [-0.2, 0) is 9.53 Å². The van der Waals surface area contributed by atoms with Gasteiger partial charge in [0.1, 0.15) is 11.6 Å². The van der Waals surface area contributed by atoms with E-state index in [-0.39, 0.29) is 18.0 Å². The van der Waals surface area contributed by atoms with Crippen LogP contribution in [0.25, 0.3) is 0 Å². The van der Waals surface area contributed by atoms with Gasteiger partial charge in [-0.1, -0.05) is 30.3 Å². The molecule has 124 valence electrons. The number of allylic oxidation sites excluding steroid dienone is 1. The Balaban J connectivity index is 2.26. The van der Waals surface area contributed by atoms with E-state index in [1.807, 2.05) is 30.3 Å². The van der Waals surface area contributed by atoms with E-state index in [0.717, 1.165) is 5.56 Å². The minimum atomic E-state index is -0.578. The van der Waals surface area contributed by atoms with Crippen molar-refractivity contribution in [2.24, 2.45) is 0 Å². The Bertz CT molecular complexity index is 868. The van der Waals surface area contributed by atoms with E-state index in [2.05, 4.69) is 9.97 Å². The summed E-state index contributed by atoms with van der Waals surface area (Å²) < 4.78 is 10.8. The van der Waals surface area contributed by atoms with Crippen molar-refractivity contribution in [1.82, 2.24) is 9.97 Å². The fourth-order valence-corrected chi connectivity index (χ4v) is 2.90. The van der Waals surface area contributed by atoms with Gasteiger partial charge in [-0.05, 0) is 26.3 Å². The van der Waals surface area contributed by atoms with Crippen molar-refractivity contribution in [2.75, 3.05) is 6.61 Å². The minimum Gasteiger partial charge on any atom is -0.463 e. The standard InChI is InChI=1S/C18H18N2O4/c1-4-23-18(22)13-10(2)24-17-15(16(21)19-11(3)20-17)14(13)12-8-6-5-7-9-12/h5-9,14H,4H2,1-3H3,(H,19,20,21)/t14-/m1/s1. The number of hydrogen-bond donors (Lipinski definition) is 1. The number of carbonyl (C=O) groups is 1. The van der Waals surface area contributed by atoms with Crippen LogP contribution in [0.4, 0.5) is 0 Å². The Labute approximate surface area is 139 Å². The predicted octanol–water partition coefficient (Wildman–Crippen LogP) is 2.44. The number of aromatic amines is 1. The number of aryl methyl sites for hydroxylation is 1. The molecule has 2 aromatic rings. The highest BCUT2D eigenvalue weighted by molar-refractivity contribution is 5.92. The molecular formula is C18H18N2O4. The first-order chi connectivity index (χ1) is 11.5. The number of nitrogens with zero attached hydrogens (tertiary/aromatic N) is 1. The normalized spacial score (nSPS) is 16.4. The zero-order valence-electron chi connectivity index (χ0n) is 13.8. The highest BCUT2D eigenvalue weighted by atomic mass is 16.5. The summed E-state index contributed by atoms with van der Waals surface area (Å²) in [6, 6.07) is 9.33. The lowest BCUT2D eigenvalue weighted by Gasteiger charge is -2.27. The maximum absolute atomic E-state index is 12.6. The summed E-state index contributed by atoms with van der Waals surface area (Å²) >= 11 is 0. The third-order valence-electron chi connectivity index (χ3n) is 3.87. The van der Waals surface area contributed by atoms with E-state index in [1.54, 1.807) is 20.8 Å². The smallest absolute Gasteiger partial charge is 0.338 e. The largest absolute Gasteiger partial charge is 0.463 e. The molecule has 2 heterocycles. The summed E-state index contributed by atoms with van der Waals surface area (Å²) in [7, 11) is 0. The molecule has 0 unspecified atom stereocenters. The molecule has 24 heavy (non-hydrogen) atoms. The highest BCUT2D eigenvalue weighted by Crippen LogP contribution is 2.40. The van der Waals surface area contributed by atoms with Crippen molar-refractivity contribution < 1.29 is 14.3 Å². The molecule has 0 spiro atoms. The molecule has 6 heteroatoms. The van der Waals surface area contributed by atoms with Crippen LogP contribution in [0.15, 0.2) is 46.5 Å². The molecule has 1 aliphatic heterocycles. The maximum Gasteiger partial charge on any atom is 0.338 e. The molecule has 1 aliphatic rings. The summed E-state index contributed by atoms with van der Waals surface area (Å²) in [6.07, 6.45) is 0. The van der Waals surface area contributed by atoms with Crippen LogP contribution in [-0.4, -0.2) is 22.5 Å². The molecule has 0 saturated heterocycles. The molecule has 1 N–H and O–H groups in total. The number of rotatable bonds is 3. The molecule has 0 fully saturated rings. The van der Waals surface area contributed by atoms with Crippen molar-refractivity contribution in [3.63, 3.8) is 0 Å². The van der Waals surface area contributed by atoms with Gasteiger partial charge in [-0.25, -0.2) is 4.79 Å². The number of hydrogen-bond acceptors (Lipinski definition) is 5. The van der Waals surface area contributed by atoms with Gasteiger partial charge in [-0.15, -0.1) is 0 Å². The van der Waals surface area contributed by atoms with Crippen molar-refractivity contribution >= 4 is 5.97 Å². The second-order valence-electron chi connectivity index (χ2n) is 5.51. The number of aromatic nitrogens is 2. The molecule has 0 amide bonds. The Morgan fingerprint density at radius 3 is 2.67 bits per heavy atom. The van der Waals surface area contributed by atoms with Crippen LogP contribution in [0.1, 0.15) is 36.7 Å². The van der Waals surface area contributed by atoms with Gasteiger partial charge in [-0.3, -0.25) is 4.79 Å². The second-order valence-corrected chi connectivity index (χ2v) is 5.51. The van der Waals surface area contributed by atoms with Gasteiger partial charge in [0.2, 0.25) is 5.88 Å². The summed E-state index contributed by atoms with van der Waals surface area (Å²) in [6.45, 7) is 5.35. The Morgan fingerprint density at radius 1 is 1.29 bits per heavy atom. The number of nitrogens with one attached hydrogen (secondary N) is 1. The molecule has 1 aromatic heterocycles. The molecule has 0 radical (unpaired) electrons. The summed E-state index contributed by atoms with van der Waals surface area (Å²) in [5, 5.41) is 0. The average Bonchev–Trinajstić information content (AvgIpc) is 2.54. The number of H-pyrrole nitrogens is 1. The SMILES string of the molecule is CCOC(=O)C1=C(C)Oc2nc(C)[nH]c(=O)c2[C@@H]1c1ccccc1. The first-order valence-electron chi connectivity index (χ1n) is 7.74. The van der Waals surface area contributed by atoms with Crippen LogP contribution in [0.3, 0.4) is 0 Å². The number of carbonyl (C=O) groups excluding carboxylic acids is 1. The minimum absolute atomic E-state index is 0.232. The molecule has 3 rings (SSSR count). The Kier molecular flexibility index (Phi) is 4.20. The van der Waals surface area contributed by atoms with Crippen LogP contribution in [0, 0.1) is 6.92 Å². The van der Waals surface area contributed by atoms with Crippen LogP contribution in [0.2, 0.25) is 0 Å². The van der Waals surface area contributed by atoms with E-state index in [9.17, 15) is 9.59 Å². The van der Waals surface area contributed by atoms with E-state index in [0.29, 0.717) is 22.7 Å². The monoisotopic (exact) mass is 326 g/mol. The molecule has 0 bridgehead atoms. The quantitative estimate of drug-likeness (QED) is 0.876. The van der Waals surface area contributed by atoms with E-state index in [1.165, 1.54) is 0 Å². The first-order valence-corrected chi connectivity index (χ1v) is 7.74. The zero-order valence-corrected chi connectivity index (χ0v) is 13.8. The van der Waals surface area contributed by atoms with E-state index < -0.39 is 11.9 Å². The van der Waals surface area contributed by atoms with Crippen molar-refractivity contribution in [1.29, 1.82) is 0 Å². The fraction of sp³-hybridized carbons (Fsp3) is 0.278. The van der Waals surface area contributed by atoms with Gasteiger partial charge in [0, 0.05) is 0 Å². The Morgan fingerprint density at radius 2 is 2.00 bits per heavy atom. The molecule has 1 atom stereocenters. The number of ether oxygens (including phenoxy) is 2. The lowest BCUT2D eigenvalue weighted by molar-refractivity contribution is -0.139. The van der Waals surface area contributed by atoms with Gasteiger partial charge >= 0.3 is 5.97 Å². The van der Waals surface area contributed by atoms with Crippen molar-refractivity contribution in [2.45, 2.75) is 26.7 Å². The van der Waals surface area contributed by atoms with Crippen molar-refractivity contribution in [3.8, 4) is 5.88 Å². The van der Waals surface area contributed by atoms with E-state index in [4.69, 9.17) is 9.47 Å². The summed E-state index contributed by atoms with van der Waals surface area (Å²) in [5.41, 5.74) is 1.13. The molecule has 0 aliphatic carbocycles.